The van der Waals surface area contributed by atoms with Gasteiger partial charge in [-0.3, -0.25) is 4.98 Å². The van der Waals surface area contributed by atoms with Crippen molar-refractivity contribution in [3.8, 4) is 0 Å². The molecule has 0 aliphatic rings. The molecule has 2 nitrogen and oxygen atoms in total. The van der Waals surface area contributed by atoms with Crippen LogP contribution in [-0.2, 0) is 0 Å². The molecule has 1 atom stereocenters. The van der Waals surface area contributed by atoms with Gasteiger partial charge in [0, 0.05) is 11.6 Å². The largest absolute Gasteiger partial charge is 0.388 e. The highest BCUT2D eigenvalue weighted by Gasteiger charge is 2.08. The van der Waals surface area contributed by atoms with E-state index < -0.39 is 0 Å². The summed E-state index contributed by atoms with van der Waals surface area (Å²) >= 11 is 0. The van der Waals surface area contributed by atoms with Crippen molar-refractivity contribution in [2.24, 2.45) is 0 Å². The van der Waals surface area contributed by atoms with E-state index in [2.05, 4.69) is 18.0 Å². The molecule has 1 unspecified atom stereocenters. The SMILES string of the molecule is CCCCCCCCCC(O)c1ccc2cccnc2c1. The molecule has 0 aliphatic carbocycles. The van der Waals surface area contributed by atoms with Crippen LogP contribution in [0.3, 0.4) is 0 Å². The van der Waals surface area contributed by atoms with E-state index in [1.165, 1.54) is 38.5 Å². The standard InChI is InChI=1S/C19H27NO/c1-2-3-4-5-6-7-8-11-19(21)17-13-12-16-10-9-14-20-18(16)15-17/h9-10,12-15,19,21H,2-8,11H2,1H3. The van der Waals surface area contributed by atoms with Gasteiger partial charge >= 0.3 is 0 Å². The molecular weight excluding hydrogens is 258 g/mol. The summed E-state index contributed by atoms with van der Waals surface area (Å²) in [5.41, 5.74) is 1.96. The zero-order chi connectivity index (χ0) is 14.9. The molecule has 0 fully saturated rings. The molecular formula is C19H27NO. The van der Waals surface area contributed by atoms with Gasteiger partial charge in [-0.1, -0.05) is 70.1 Å². The number of aromatic nitrogens is 1. The third-order valence-corrected chi connectivity index (χ3v) is 4.10. The number of pyridine rings is 1. The van der Waals surface area contributed by atoms with Gasteiger partial charge in [0.15, 0.2) is 0 Å². The first kappa shape index (κ1) is 16.0. The van der Waals surface area contributed by atoms with Crippen molar-refractivity contribution >= 4 is 10.9 Å². The van der Waals surface area contributed by atoms with E-state index in [-0.39, 0.29) is 6.10 Å². The van der Waals surface area contributed by atoms with E-state index in [9.17, 15) is 5.11 Å². The molecule has 1 heterocycles. The van der Waals surface area contributed by atoms with Crippen molar-refractivity contribution in [1.29, 1.82) is 0 Å². The van der Waals surface area contributed by atoms with Crippen LogP contribution in [0.5, 0.6) is 0 Å². The third kappa shape index (κ3) is 5.13. The van der Waals surface area contributed by atoms with Gasteiger partial charge in [0.05, 0.1) is 11.6 Å². The maximum atomic E-state index is 10.3. The van der Waals surface area contributed by atoms with Gasteiger partial charge < -0.3 is 5.11 Å². The first-order chi connectivity index (χ1) is 10.3. The molecule has 2 heteroatoms. The number of aliphatic hydroxyl groups is 1. The molecule has 0 spiro atoms. The van der Waals surface area contributed by atoms with Crippen LogP contribution >= 0.6 is 0 Å². The molecule has 21 heavy (non-hydrogen) atoms. The van der Waals surface area contributed by atoms with Crippen molar-refractivity contribution in [1.82, 2.24) is 4.98 Å². The van der Waals surface area contributed by atoms with Crippen LogP contribution in [0.15, 0.2) is 36.5 Å². The van der Waals surface area contributed by atoms with Crippen LogP contribution in [0.1, 0.15) is 70.0 Å². The summed E-state index contributed by atoms with van der Waals surface area (Å²) < 4.78 is 0. The summed E-state index contributed by atoms with van der Waals surface area (Å²) in [6.45, 7) is 2.24. The van der Waals surface area contributed by atoms with Crippen LogP contribution in [0.25, 0.3) is 10.9 Å². The van der Waals surface area contributed by atoms with Gasteiger partial charge in [-0.2, -0.15) is 0 Å². The Labute approximate surface area is 128 Å². The van der Waals surface area contributed by atoms with Gasteiger partial charge in [0.1, 0.15) is 0 Å². The number of nitrogens with zero attached hydrogens (tertiary/aromatic N) is 1. The van der Waals surface area contributed by atoms with Crippen molar-refractivity contribution < 1.29 is 5.11 Å². The topological polar surface area (TPSA) is 33.1 Å². The minimum absolute atomic E-state index is 0.355. The lowest BCUT2D eigenvalue weighted by atomic mass is 10.0. The van der Waals surface area contributed by atoms with E-state index in [0.717, 1.165) is 29.3 Å². The number of rotatable bonds is 9. The Balaban J connectivity index is 1.75. The minimum atomic E-state index is -0.355. The Morgan fingerprint density at radius 1 is 1.00 bits per heavy atom. The second-order valence-corrected chi connectivity index (χ2v) is 5.88. The van der Waals surface area contributed by atoms with Crippen molar-refractivity contribution in [2.45, 2.75) is 64.4 Å². The number of hydrogen-bond acceptors (Lipinski definition) is 2. The zero-order valence-corrected chi connectivity index (χ0v) is 13.1. The second kappa shape index (κ2) is 8.78. The minimum Gasteiger partial charge on any atom is -0.388 e. The van der Waals surface area contributed by atoms with E-state index >= 15 is 0 Å². The average Bonchev–Trinajstić information content (AvgIpc) is 2.53. The van der Waals surface area contributed by atoms with Gasteiger partial charge in [-0.25, -0.2) is 0 Å². The summed E-state index contributed by atoms with van der Waals surface area (Å²) in [7, 11) is 0. The predicted molar refractivity (Wildman–Crippen MR) is 89.3 cm³/mol. The van der Waals surface area contributed by atoms with E-state index in [4.69, 9.17) is 0 Å². The maximum Gasteiger partial charge on any atom is 0.0790 e. The fraction of sp³-hybridized carbons (Fsp3) is 0.526. The number of unbranched alkanes of at least 4 members (excludes halogenated alkanes) is 6. The summed E-state index contributed by atoms with van der Waals surface area (Å²) in [5.74, 6) is 0. The smallest absolute Gasteiger partial charge is 0.0790 e. The molecule has 0 amide bonds. The predicted octanol–water partition coefficient (Wildman–Crippen LogP) is 5.41. The van der Waals surface area contributed by atoms with Gasteiger partial charge in [0.2, 0.25) is 0 Å². The lowest BCUT2D eigenvalue weighted by molar-refractivity contribution is 0.163. The van der Waals surface area contributed by atoms with Crippen LogP contribution in [-0.4, -0.2) is 10.1 Å². The van der Waals surface area contributed by atoms with Crippen molar-refractivity contribution in [2.75, 3.05) is 0 Å². The first-order valence-corrected chi connectivity index (χ1v) is 8.34. The highest BCUT2D eigenvalue weighted by atomic mass is 16.3. The molecule has 1 aromatic heterocycles. The van der Waals surface area contributed by atoms with E-state index in [1.54, 1.807) is 6.20 Å². The average molecular weight is 285 g/mol. The molecule has 2 rings (SSSR count). The zero-order valence-electron chi connectivity index (χ0n) is 13.1. The van der Waals surface area contributed by atoms with Crippen molar-refractivity contribution in [3.63, 3.8) is 0 Å². The summed E-state index contributed by atoms with van der Waals surface area (Å²) in [4.78, 5) is 4.35. The Bertz CT molecular complexity index is 538. The molecule has 1 N–H and O–H groups in total. The van der Waals surface area contributed by atoms with Crippen molar-refractivity contribution in [3.05, 3.63) is 42.1 Å². The molecule has 0 radical (unpaired) electrons. The molecule has 0 saturated carbocycles. The Morgan fingerprint density at radius 3 is 2.57 bits per heavy atom. The Kier molecular flexibility index (Phi) is 6.68. The normalized spacial score (nSPS) is 12.7. The fourth-order valence-corrected chi connectivity index (χ4v) is 2.75. The molecule has 0 saturated heterocycles. The monoisotopic (exact) mass is 285 g/mol. The summed E-state index contributed by atoms with van der Waals surface area (Å²) in [5, 5.41) is 11.4. The highest BCUT2D eigenvalue weighted by molar-refractivity contribution is 5.78. The third-order valence-electron chi connectivity index (χ3n) is 4.10. The highest BCUT2D eigenvalue weighted by Crippen LogP contribution is 2.23. The van der Waals surface area contributed by atoms with E-state index in [0.29, 0.717) is 0 Å². The summed E-state index contributed by atoms with van der Waals surface area (Å²) in [6.07, 6.45) is 11.3. The number of benzene rings is 1. The van der Waals surface area contributed by atoms with Gasteiger partial charge in [-0.05, 0) is 24.1 Å². The molecule has 2 aromatic rings. The van der Waals surface area contributed by atoms with Gasteiger partial charge in [0.25, 0.3) is 0 Å². The van der Waals surface area contributed by atoms with Crippen LogP contribution < -0.4 is 0 Å². The maximum absolute atomic E-state index is 10.3. The number of hydrogen-bond donors (Lipinski definition) is 1. The van der Waals surface area contributed by atoms with E-state index in [1.807, 2.05) is 24.3 Å². The first-order valence-electron chi connectivity index (χ1n) is 8.34. The molecule has 114 valence electrons. The fourth-order valence-electron chi connectivity index (χ4n) is 2.75. The molecule has 0 bridgehead atoms. The lowest BCUT2D eigenvalue weighted by Gasteiger charge is -2.11. The Hall–Kier alpha value is -1.41. The second-order valence-electron chi connectivity index (χ2n) is 5.88. The Morgan fingerprint density at radius 2 is 1.76 bits per heavy atom. The van der Waals surface area contributed by atoms with Crippen LogP contribution in [0, 0.1) is 0 Å². The van der Waals surface area contributed by atoms with Gasteiger partial charge in [-0.15, -0.1) is 0 Å². The molecule has 0 aliphatic heterocycles. The van der Waals surface area contributed by atoms with Crippen LogP contribution in [0.4, 0.5) is 0 Å². The molecule has 1 aromatic carbocycles. The summed E-state index contributed by atoms with van der Waals surface area (Å²) in [6, 6.07) is 10.1. The van der Waals surface area contributed by atoms with Crippen LogP contribution in [0.2, 0.25) is 0 Å². The lowest BCUT2D eigenvalue weighted by Crippen LogP contribution is -1.97. The number of fused-ring (bicyclic) bond motifs is 1. The quantitative estimate of drug-likeness (QED) is 0.625. The number of aliphatic hydroxyl groups excluding tert-OH is 1.